The lowest BCUT2D eigenvalue weighted by atomic mass is 9.75. The van der Waals surface area contributed by atoms with Crippen LogP contribution in [0.15, 0.2) is 28.7 Å². The first-order chi connectivity index (χ1) is 9.87. The average molecular weight is 374 g/mol. The Labute approximate surface area is 140 Å². The van der Waals surface area contributed by atoms with Crippen LogP contribution >= 0.6 is 27.5 Å². The quantitative estimate of drug-likeness (QED) is 0.697. The van der Waals surface area contributed by atoms with Crippen LogP contribution in [-0.4, -0.2) is 22.7 Å². The highest BCUT2D eigenvalue weighted by Crippen LogP contribution is 2.57. The SMILES string of the molecule is CC(C)C12CC(OCc3ccccc3Br)C(C)(CC1Cl)O2. The number of halogens is 2. The molecule has 2 nitrogen and oxygen atoms in total. The summed E-state index contributed by atoms with van der Waals surface area (Å²) in [5.74, 6) is 0.402. The van der Waals surface area contributed by atoms with Crippen LogP contribution in [0.1, 0.15) is 39.2 Å². The lowest BCUT2D eigenvalue weighted by Gasteiger charge is -2.35. The molecule has 0 N–H and O–H groups in total. The largest absolute Gasteiger partial charge is 0.370 e. The Kier molecular flexibility index (Phi) is 4.15. The van der Waals surface area contributed by atoms with Gasteiger partial charge in [0.15, 0.2) is 0 Å². The van der Waals surface area contributed by atoms with E-state index in [1.165, 1.54) is 5.56 Å². The minimum Gasteiger partial charge on any atom is -0.370 e. The Morgan fingerprint density at radius 3 is 2.71 bits per heavy atom. The second kappa shape index (κ2) is 5.52. The van der Waals surface area contributed by atoms with Gasteiger partial charge in [-0.3, -0.25) is 0 Å². The van der Waals surface area contributed by atoms with Crippen molar-refractivity contribution >= 4 is 27.5 Å². The predicted octanol–water partition coefficient (Wildman–Crippen LogP) is 4.92. The third kappa shape index (κ3) is 2.56. The topological polar surface area (TPSA) is 18.5 Å². The summed E-state index contributed by atoms with van der Waals surface area (Å²) >= 11 is 10.1. The van der Waals surface area contributed by atoms with Crippen molar-refractivity contribution in [1.29, 1.82) is 0 Å². The summed E-state index contributed by atoms with van der Waals surface area (Å²) in [5, 5.41) is 0.0887. The average Bonchev–Trinajstić information content (AvgIpc) is 2.86. The molecule has 0 radical (unpaired) electrons. The van der Waals surface area contributed by atoms with Gasteiger partial charge >= 0.3 is 0 Å². The van der Waals surface area contributed by atoms with Gasteiger partial charge in [-0.15, -0.1) is 11.6 Å². The highest BCUT2D eigenvalue weighted by atomic mass is 79.9. The third-order valence-electron chi connectivity index (χ3n) is 5.10. The molecule has 0 spiro atoms. The molecule has 1 aromatic rings. The van der Waals surface area contributed by atoms with E-state index >= 15 is 0 Å². The van der Waals surface area contributed by atoms with Gasteiger partial charge in [-0.05, 0) is 30.9 Å². The molecule has 1 aromatic carbocycles. The first-order valence-corrected chi connectivity index (χ1v) is 8.79. The van der Waals surface area contributed by atoms with Gasteiger partial charge < -0.3 is 9.47 Å². The highest BCUT2D eigenvalue weighted by molar-refractivity contribution is 9.10. The number of rotatable bonds is 4. The Balaban J connectivity index is 1.73. The van der Waals surface area contributed by atoms with Gasteiger partial charge in [-0.25, -0.2) is 0 Å². The van der Waals surface area contributed by atoms with E-state index in [4.69, 9.17) is 21.1 Å². The summed E-state index contributed by atoms with van der Waals surface area (Å²) in [7, 11) is 0. The van der Waals surface area contributed by atoms with Gasteiger partial charge in [-0.1, -0.05) is 48.0 Å². The number of hydrogen-bond acceptors (Lipinski definition) is 2. The van der Waals surface area contributed by atoms with Crippen LogP contribution < -0.4 is 0 Å². The Morgan fingerprint density at radius 2 is 2.10 bits per heavy atom. The molecule has 2 fully saturated rings. The standard InChI is InChI=1S/C17H22BrClO2/c1-11(2)17-9-15(16(3,21-17)8-14(17)19)20-10-12-6-4-5-7-13(12)18/h4-7,11,14-15H,8-10H2,1-3H3. The predicted molar refractivity (Wildman–Crippen MR) is 88.7 cm³/mol. The molecular weight excluding hydrogens is 352 g/mol. The molecule has 0 saturated carbocycles. The van der Waals surface area contributed by atoms with Gasteiger partial charge in [0.25, 0.3) is 0 Å². The molecule has 0 aromatic heterocycles. The maximum atomic E-state index is 6.57. The van der Waals surface area contributed by atoms with Crippen LogP contribution in [0.25, 0.3) is 0 Å². The van der Waals surface area contributed by atoms with Crippen LogP contribution in [0.3, 0.4) is 0 Å². The molecule has 4 unspecified atom stereocenters. The van der Waals surface area contributed by atoms with Crippen molar-refractivity contribution in [3.8, 4) is 0 Å². The fraction of sp³-hybridized carbons (Fsp3) is 0.647. The minimum absolute atomic E-state index is 0.0887. The minimum atomic E-state index is -0.252. The lowest BCUT2D eigenvalue weighted by Crippen LogP contribution is -2.45. The molecule has 2 aliphatic rings. The van der Waals surface area contributed by atoms with E-state index in [1.54, 1.807) is 0 Å². The molecule has 3 rings (SSSR count). The molecule has 2 saturated heterocycles. The van der Waals surface area contributed by atoms with Crippen molar-refractivity contribution in [2.45, 2.75) is 62.9 Å². The second-order valence-electron chi connectivity index (χ2n) is 6.79. The van der Waals surface area contributed by atoms with Crippen molar-refractivity contribution in [3.05, 3.63) is 34.3 Å². The fourth-order valence-corrected chi connectivity index (χ4v) is 4.79. The van der Waals surface area contributed by atoms with Crippen molar-refractivity contribution in [2.75, 3.05) is 0 Å². The molecule has 0 amide bonds. The maximum Gasteiger partial charge on any atom is 0.0939 e. The van der Waals surface area contributed by atoms with E-state index in [0.29, 0.717) is 12.5 Å². The number of fused-ring (bicyclic) bond motifs is 2. The molecule has 2 heterocycles. The summed E-state index contributed by atoms with van der Waals surface area (Å²) in [6.45, 7) is 7.13. The van der Waals surface area contributed by atoms with Crippen LogP contribution in [-0.2, 0) is 16.1 Å². The summed E-state index contributed by atoms with van der Waals surface area (Å²) in [6, 6.07) is 8.18. The number of benzene rings is 1. The lowest BCUT2D eigenvalue weighted by molar-refractivity contribution is -0.0958. The van der Waals surface area contributed by atoms with Crippen LogP contribution in [0.2, 0.25) is 0 Å². The summed E-state index contributed by atoms with van der Waals surface area (Å²) in [4.78, 5) is 0. The molecule has 21 heavy (non-hydrogen) atoms. The van der Waals surface area contributed by atoms with E-state index in [0.717, 1.165) is 17.3 Å². The van der Waals surface area contributed by atoms with E-state index in [2.05, 4.69) is 42.8 Å². The maximum absolute atomic E-state index is 6.57. The van der Waals surface area contributed by atoms with E-state index in [9.17, 15) is 0 Å². The molecule has 0 aliphatic carbocycles. The van der Waals surface area contributed by atoms with E-state index < -0.39 is 0 Å². The summed E-state index contributed by atoms with van der Waals surface area (Å²) in [6.07, 6.45) is 1.87. The van der Waals surface area contributed by atoms with Crippen molar-refractivity contribution in [3.63, 3.8) is 0 Å². The smallest absolute Gasteiger partial charge is 0.0939 e. The van der Waals surface area contributed by atoms with Gasteiger partial charge in [0.2, 0.25) is 0 Å². The number of ether oxygens (including phenoxy) is 2. The fourth-order valence-electron chi connectivity index (χ4n) is 3.70. The Bertz CT molecular complexity index is 535. The van der Waals surface area contributed by atoms with Crippen LogP contribution in [0, 0.1) is 5.92 Å². The van der Waals surface area contributed by atoms with Crippen LogP contribution in [0.5, 0.6) is 0 Å². The van der Waals surface area contributed by atoms with Crippen molar-refractivity contribution in [2.24, 2.45) is 5.92 Å². The zero-order valence-corrected chi connectivity index (χ0v) is 15.1. The Morgan fingerprint density at radius 1 is 1.38 bits per heavy atom. The molecule has 116 valence electrons. The second-order valence-corrected chi connectivity index (χ2v) is 8.17. The van der Waals surface area contributed by atoms with Gasteiger partial charge in [-0.2, -0.15) is 0 Å². The highest BCUT2D eigenvalue weighted by Gasteiger charge is 2.65. The van der Waals surface area contributed by atoms with Gasteiger partial charge in [0.1, 0.15) is 0 Å². The van der Waals surface area contributed by atoms with Gasteiger partial charge in [0, 0.05) is 10.9 Å². The normalized spacial score (nSPS) is 38.4. The Hall–Kier alpha value is -0.0900. The first kappa shape index (κ1) is 15.8. The molecular formula is C17H22BrClO2. The van der Waals surface area contributed by atoms with Gasteiger partial charge in [0.05, 0.1) is 29.3 Å². The zero-order valence-electron chi connectivity index (χ0n) is 12.7. The summed E-state index contributed by atoms with van der Waals surface area (Å²) in [5.41, 5.74) is 0.692. The van der Waals surface area contributed by atoms with E-state index in [1.807, 2.05) is 18.2 Å². The van der Waals surface area contributed by atoms with E-state index in [-0.39, 0.29) is 22.7 Å². The van der Waals surface area contributed by atoms with Crippen molar-refractivity contribution in [1.82, 2.24) is 0 Å². The van der Waals surface area contributed by atoms with Crippen LogP contribution in [0.4, 0.5) is 0 Å². The summed E-state index contributed by atoms with van der Waals surface area (Å²) < 4.78 is 13.7. The molecule has 2 aliphatic heterocycles. The number of alkyl halides is 1. The van der Waals surface area contributed by atoms with Crippen molar-refractivity contribution < 1.29 is 9.47 Å². The zero-order chi connectivity index (χ0) is 15.3. The first-order valence-electron chi connectivity index (χ1n) is 7.57. The molecule has 4 heteroatoms. The number of hydrogen-bond donors (Lipinski definition) is 0. The third-order valence-corrected chi connectivity index (χ3v) is 6.40. The monoisotopic (exact) mass is 372 g/mol. The molecule has 4 atom stereocenters. The molecule has 2 bridgehead atoms.